The van der Waals surface area contributed by atoms with Crippen molar-refractivity contribution in [2.24, 2.45) is 11.7 Å². The molecule has 104 valence electrons. The van der Waals surface area contributed by atoms with Crippen LogP contribution in [0.15, 0.2) is 16.7 Å². The summed E-state index contributed by atoms with van der Waals surface area (Å²) in [6.45, 7) is 3.04. The monoisotopic (exact) mass is 276 g/mol. The maximum absolute atomic E-state index is 11.7. The molecule has 0 fully saturated rings. The molecule has 5 nitrogen and oxygen atoms in total. The average molecular weight is 277 g/mol. The van der Waals surface area contributed by atoms with Crippen molar-refractivity contribution in [1.29, 1.82) is 0 Å². The summed E-state index contributed by atoms with van der Waals surface area (Å²) in [5.74, 6) is 0.743. The molecule has 1 rings (SSSR count). The van der Waals surface area contributed by atoms with E-state index >= 15 is 0 Å². The molecule has 0 saturated heterocycles. The normalized spacial score (nSPS) is 11.7. The molecule has 0 saturated carbocycles. The fraction of sp³-hybridized carbons (Fsp3) is 0.583. The van der Waals surface area contributed by atoms with Crippen LogP contribution in [0.3, 0.4) is 0 Å². The first-order chi connectivity index (χ1) is 8.21. The Hall–Kier alpha value is -1.04. The lowest BCUT2D eigenvalue weighted by molar-refractivity contribution is 0.0943. The molecule has 0 aliphatic heterocycles. The summed E-state index contributed by atoms with van der Waals surface area (Å²) in [5.41, 5.74) is 5.88. The number of furan rings is 1. The van der Waals surface area contributed by atoms with E-state index in [1.807, 2.05) is 6.92 Å². The van der Waals surface area contributed by atoms with Gasteiger partial charge in [0.25, 0.3) is 5.91 Å². The summed E-state index contributed by atoms with van der Waals surface area (Å²) < 4.78 is 5.09. The van der Waals surface area contributed by atoms with E-state index in [0.29, 0.717) is 30.2 Å². The number of nitrogens with two attached hydrogens (primary N) is 1. The van der Waals surface area contributed by atoms with Crippen molar-refractivity contribution in [2.75, 3.05) is 13.2 Å². The minimum Gasteiger partial charge on any atom is -0.467 e. The standard InChI is InChI=1S/C12H20N2O3.ClH/c1-2-9(3-4-15)7-14-12(16)10-5-11(6-13)17-8-10;/h5,8-9,15H,2-4,6-7,13H2,1H3,(H,14,16);1H. The van der Waals surface area contributed by atoms with Crippen molar-refractivity contribution in [3.63, 3.8) is 0 Å². The molecule has 0 aliphatic carbocycles. The van der Waals surface area contributed by atoms with Gasteiger partial charge in [0, 0.05) is 13.2 Å². The number of carbonyl (C=O) groups is 1. The third kappa shape index (κ3) is 5.08. The van der Waals surface area contributed by atoms with E-state index in [2.05, 4.69) is 5.32 Å². The highest BCUT2D eigenvalue weighted by molar-refractivity contribution is 5.93. The minimum atomic E-state index is -0.162. The number of rotatable bonds is 7. The lowest BCUT2D eigenvalue weighted by Crippen LogP contribution is -2.29. The Balaban J connectivity index is 0.00000289. The Morgan fingerprint density at radius 3 is 2.83 bits per heavy atom. The van der Waals surface area contributed by atoms with E-state index in [9.17, 15) is 4.79 Å². The molecule has 0 aliphatic rings. The van der Waals surface area contributed by atoms with Crippen molar-refractivity contribution in [1.82, 2.24) is 5.32 Å². The number of aliphatic hydroxyl groups excluding tert-OH is 1. The Bertz CT molecular complexity index is 355. The van der Waals surface area contributed by atoms with Gasteiger partial charge in [-0.3, -0.25) is 4.79 Å². The summed E-state index contributed by atoms with van der Waals surface area (Å²) in [6, 6.07) is 1.64. The summed E-state index contributed by atoms with van der Waals surface area (Å²) in [6.07, 6.45) is 3.04. The number of amides is 1. The van der Waals surface area contributed by atoms with E-state index < -0.39 is 0 Å². The van der Waals surface area contributed by atoms with Gasteiger partial charge in [-0.15, -0.1) is 12.4 Å². The number of hydrogen-bond donors (Lipinski definition) is 3. The van der Waals surface area contributed by atoms with Gasteiger partial charge in [-0.1, -0.05) is 13.3 Å². The molecule has 6 heteroatoms. The van der Waals surface area contributed by atoms with Gasteiger partial charge in [-0.25, -0.2) is 0 Å². The summed E-state index contributed by atoms with van der Waals surface area (Å²) in [5, 5.41) is 11.7. The van der Waals surface area contributed by atoms with Crippen molar-refractivity contribution < 1.29 is 14.3 Å². The van der Waals surface area contributed by atoms with Crippen molar-refractivity contribution in [2.45, 2.75) is 26.3 Å². The van der Waals surface area contributed by atoms with Gasteiger partial charge < -0.3 is 20.6 Å². The second kappa shape index (κ2) is 8.97. The molecule has 0 spiro atoms. The van der Waals surface area contributed by atoms with Crippen LogP contribution < -0.4 is 11.1 Å². The van der Waals surface area contributed by atoms with Gasteiger partial charge in [0.1, 0.15) is 12.0 Å². The molecule has 0 bridgehead atoms. The van der Waals surface area contributed by atoms with Crippen molar-refractivity contribution in [3.05, 3.63) is 23.7 Å². The molecule has 0 aromatic carbocycles. The number of aliphatic hydroxyl groups is 1. The maximum Gasteiger partial charge on any atom is 0.254 e. The lowest BCUT2D eigenvalue weighted by Gasteiger charge is -2.13. The molecule has 1 heterocycles. The van der Waals surface area contributed by atoms with Gasteiger partial charge in [0.05, 0.1) is 12.1 Å². The van der Waals surface area contributed by atoms with Crippen molar-refractivity contribution >= 4 is 18.3 Å². The van der Waals surface area contributed by atoms with Crippen LogP contribution in [-0.4, -0.2) is 24.2 Å². The predicted octanol–water partition coefficient (Wildman–Crippen LogP) is 1.30. The topological polar surface area (TPSA) is 88.5 Å². The Morgan fingerprint density at radius 2 is 2.33 bits per heavy atom. The maximum atomic E-state index is 11.7. The molecule has 1 aromatic heterocycles. The third-order valence-corrected chi connectivity index (χ3v) is 2.78. The fourth-order valence-corrected chi connectivity index (χ4v) is 1.58. The molecule has 18 heavy (non-hydrogen) atoms. The smallest absolute Gasteiger partial charge is 0.254 e. The first kappa shape index (κ1) is 17.0. The van der Waals surface area contributed by atoms with Crippen LogP contribution in [0, 0.1) is 5.92 Å². The number of halogens is 1. The van der Waals surface area contributed by atoms with E-state index in [-0.39, 0.29) is 31.5 Å². The van der Waals surface area contributed by atoms with Crippen LogP contribution in [0.4, 0.5) is 0 Å². The average Bonchev–Trinajstić information content (AvgIpc) is 2.82. The lowest BCUT2D eigenvalue weighted by atomic mass is 10.0. The van der Waals surface area contributed by atoms with E-state index in [4.69, 9.17) is 15.3 Å². The van der Waals surface area contributed by atoms with Gasteiger partial charge in [0.15, 0.2) is 0 Å². The zero-order chi connectivity index (χ0) is 12.7. The molecule has 1 amide bonds. The quantitative estimate of drug-likeness (QED) is 0.700. The van der Waals surface area contributed by atoms with Gasteiger partial charge in [-0.05, 0) is 18.4 Å². The fourth-order valence-electron chi connectivity index (χ4n) is 1.58. The van der Waals surface area contributed by atoms with Crippen molar-refractivity contribution in [3.8, 4) is 0 Å². The number of hydrogen-bond acceptors (Lipinski definition) is 4. The molecule has 0 radical (unpaired) electrons. The first-order valence-corrected chi connectivity index (χ1v) is 5.87. The van der Waals surface area contributed by atoms with E-state index in [1.54, 1.807) is 6.07 Å². The zero-order valence-electron chi connectivity index (χ0n) is 10.5. The van der Waals surface area contributed by atoms with Crippen LogP contribution in [0.1, 0.15) is 35.9 Å². The van der Waals surface area contributed by atoms with Crippen LogP contribution in [0.2, 0.25) is 0 Å². The highest BCUT2D eigenvalue weighted by Gasteiger charge is 2.11. The SMILES string of the molecule is CCC(CCO)CNC(=O)c1coc(CN)c1.Cl. The third-order valence-electron chi connectivity index (χ3n) is 2.78. The van der Waals surface area contributed by atoms with Gasteiger partial charge >= 0.3 is 0 Å². The largest absolute Gasteiger partial charge is 0.467 e. The molecular weight excluding hydrogens is 256 g/mol. The zero-order valence-corrected chi connectivity index (χ0v) is 11.3. The molecule has 1 atom stereocenters. The Labute approximate surface area is 113 Å². The highest BCUT2D eigenvalue weighted by atomic mass is 35.5. The van der Waals surface area contributed by atoms with Crippen LogP contribution in [-0.2, 0) is 6.54 Å². The Morgan fingerprint density at radius 1 is 1.61 bits per heavy atom. The van der Waals surface area contributed by atoms with Crippen LogP contribution >= 0.6 is 12.4 Å². The van der Waals surface area contributed by atoms with Crippen LogP contribution in [0.5, 0.6) is 0 Å². The molecular formula is C12H21ClN2O3. The summed E-state index contributed by atoms with van der Waals surface area (Å²) >= 11 is 0. The molecule has 4 N–H and O–H groups in total. The number of carbonyl (C=O) groups excluding carboxylic acids is 1. The van der Waals surface area contributed by atoms with Gasteiger partial charge in [-0.2, -0.15) is 0 Å². The second-order valence-corrected chi connectivity index (χ2v) is 4.00. The second-order valence-electron chi connectivity index (χ2n) is 4.00. The predicted molar refractivity (Wildman–Crippen MR) is 71.7 cm³/mol. The first-order valence-electron chi connectivity index (χ1n) is 5.87. The van der Waals surface area contributed by atoms with Gasteiger partial charge in [0.2, 0.25) is 0 Å². The number of nitrogens with one attached hydrogen (secondary N) is 1. The minimum absolute atomic E-state index is 0. The Kier molecular flexibility index (Phi) is 8.45. The molecule has 1 aromatic rings. The summed E-state index contributed by atoms with van der Waals surface area (Å²) in [4.78, 5) is 11.7. The molecule has 1 unspecified atom stereocenters. The highest BCUT2D eigenvalue weighted by Crippen LogP contribution is 2.09. The summed E-state index contributed by atoms with van der Waals surface area (Å²) in [7, 11) is 0. The van der Waals surface area contributed by atoms with E-state index in [0.717, 1.165) is 6.42 Å². The van der Waals surface area contributed by atoms with Crippen LogP contribution in [0.25, 0.3) is 0 Å². The van der Waals surface area contributed by atoms with E-state index in [1.165, 1.54) is 6.26 Å².